The molecule has 0 aliphatic carbocycles. The Morgan fingerprint density at radius 1 is 0.909 bits per heavy atom. The summed E-state index contributed by atoms with van der Waals surface area (Å²) in [5.74, 6) is -4.28. The molecule has 0 bridgehead atoms. The number of hydrogen-bond acceptors (Lipinski definition) is 8. The van der Waals surface area contributed by atoms with Crippen LogP contribution in [0.15, 0.2) is 48.7 Å². The quantitative estimate of drug-likeness (QED) is 0.0609. The number of carbonyl (C=O) groups excluding carboxylic acids is 5. The number of fused-ring (bicyclic) bond motifs is 1. The lowest BCUT2D eigenvalue weighted by molar-refractivity contribution is -0.138. The monoisotopic (exact) mass is 809 g/mol. The average Bonchev–Trinajstić information content (AvgIpc) is 3.46. The van der Waals surface area contributed by atoms with Gasteiger partial charge in [-0.3, -0.25) is 28.5 Å². The Morgan fingerprint density at radius 2 is 1.51 bits per heavy atom. The number of benzene rings is 2. The Morgan fingerprint density at radius 3 is 2.04 bits per heavy atom. The minimum atomic E-state index is -6.09. The molecule has 0 aliphatic rings. The highest BCUT2D eigenvalue weighted by Gasteiger charge is 2.38. The molecule has 0 aliphatic heterocycles. The van der Waals surface area contributed by atoms with E-state index in [4.69, 9.17) is 18.7 Å². The SMILES string of the molecule is CC(C)[C@H](NC(=O)c1cc([N+](C)(C)C)ccc1C(F)(F)F)C(=O)NCCC(=O)N[C@@H](Cc1c[nH]c2ccccc12)C(=O)NCC(N)=O.O=S(=O)([O-])C(F)(F)F. The number of amides is 5. The summed E-state index contributed by atoms with van der Waals surface area (Å²) in [6.07, 6.45) is -3.27. The van der Waals surface area contributed by atoms with Crippen LogP contribution in [0.5, 0.6) is 0 Å². The summed E-state index contributed by atoms with van der Waals surface area (Å²) in [6, 6.07) is 8.38. The lowest BCUT2D eigenvalue weighted by atomic mass is 10.0. The zero-order chi connectivity index (χ0) is 42.1. The molecule has 0 spiro atoms. The molecule has 2 aromatic carbocycles. The molecule has 2 atom stereocenters. The van der Waals surface area contributed by atoms with Crippen LogP contribution in [-0.4, -0.2) is 99.3 Å². The van der Waals surface area contributed by atoms with E-state index < -0.39 is 87.0 Å². The highest BCUT2D eigenvalue weighted by atomic mass is 32.2. The van der Waals surface area contributed by atoms with Crippen molar-refractivity contribution in [2.45, 2.75) is 50.5 Å². The molecule has 0 fully saturated rings. The number of rotatable bonds is 14. The largest absolute Gasteiger partial charge is 0.741 e. The van der Waals surface area contributed by atoms with Crippen molar-refractivity contribution in [3.05, 3.63) is 65.4 Å². The van der Waals surface area contributed by atoms with Crippen molar-refractivity contribution >= 4 is 56.2 Å². The number of aromatic nitrogens is 1. The molecule has 1 aromatic heterocycles. The molecule has 0 unspecified atom stereocenters. The molecular weight excluding hydrogens is 768 g/mol. The van der Waals surface area contributed by atoms with E-state index in [2.05, 4.69) is 26.3 Å². The van der Waals surface area contributed by atoms with E-state index in [1.54, 1.807) is 41.2 Å². The Labute approximate surface area is 311 Å². The molecule has 22 heteroatoms. The van der Waals surface area contributed by atoms with Crippen LogP contribution in [-0.2, 0) is 41.9 Å². The molecule has 55 heavy (non-hydrogen) atoms. The molecule has 3 rings (SSSR count). The molecule has 5 amide bonds. The first-order valence-electron chi connectivity index (χ1n) is 16.2. The van der Waals surface area contributed by atoms with Crippen LogP contribution in [0.4, 0.5) is 32.0 Å². The van der Waals surface area contributed by atoms with Crippen molar-refractivity contribution in [3.8, 4) is 0 Å². The van der Waals surface area contributed by atoms with Crippen LogP contribution < -0.4 is 31.5 Å². The summed E-state index contributed by atoms with van der Waals surface area (Å²) in [6.45, 7) is 2.60. The molecule has 0 saturated heterocycles. The summed E-state index contributed by atoms with van der Waals surface area (Å²) >= 11 is 0. The molecule has 0 radical (unpaired) electrons. The van der Waals surface area contributed by atoms with Gasteiger partial charge in [-0.25, -0.2) is 8.42 Å². The summed E-state index contributed by atoms with van der Waals surface area (Å²) in [7, 11) is -0.874. The van der Waals surface area contributed by atoms with Crippen LogP contribution >= 0.6 is 0 Å². The number of nitrogens with one attached hydrogen (secondary N) is 5. The fourth-order valence-electron chi connectivity index (χ4n) is 4.84. The average molecular weight is 810 g/mol. The van der Waals surface area contributed by atoms with Gasteiger partial charge in [0, 0.05) is 42.6 Å². The van der Waals surface area contributed by atoms with Gasteiger partial charge in [0.05, 0.1) is 38.8 Å². The van der Waals surface area contributed by atoms with E-state index in [1.807, 2.05) is 24.3 Å². The number of quaternary nitrogens is 1. The third kappa shape index (κ3) is 13.9. The first-order chi connectivity index (χ1) is 25.1. The minimum Gasteiger partial charge on any atom is -0.741 e. The standard InChI is InChI=1S/C32H40F3N7O5.CHF3O3S/c1-18(2)28(41-29(45)22-15-20(42(3,4)5)10-11-23(22)32(33,34)35)31(47)37-13-12-27(44)40-25(30(46)39-17-26(36)43)14-19-16-38-24-9-7-6-8-21(19)24;2-1(3,4)8(5,6)7/h6-11,15-16,18,25,28,38H,12-14,17H2,1-5H3,(H5-,36,37,39,40,41,43,44,45,46,47);(H,5,6,7)/t25-,28-;/m0./s1. The molecular formula is C33H41F6N7O8S. The first-order valence-corrected chi connectivity index (χ1v) is 17.6. The van der Waals surface area contributed by atoms with Gasteiger partial charge in [-0.1, -0.05) is 32.0 Å². The van der Waals surface area contributed by atoms with E-state index in [-0.39, 0.29) is 23.9 Å². The Bertz CT molecular complexity index is 1980. The number of nitrogens with zero attached hydrogens (tertiary/aromatic N) is 1. The summed E-state index contributed by atoms with van der Waals surface area (Å²) in [5, 5.41) is 10.8. The zero-order valence-corrected chi connectivity index (χ0v) is 31.0. The van der Waals surface area contributed by atoms with Crippen molar-refractivity contribution in [2.24, 2.45) is 11.7 Å². The van der Waals surface area contributed by atoms with Gasteiger partial charge in [0.25, 0.3) is 5.91 Å². The Kier molecular flexibility index (Phi) is 15.4. The number of aromatic amines is 1. The maximum atomic E-state index is 13.8. The molecule has 3 aromatic rings. The normalized spacial score (nSPS) is 13.3. The van der Waals surface area contributed by atoms with Crippen LogP contribution in [0, 0.1) is 5.92 Å². The Hall–Kier alpha value is -5.22. The van der Waals surface area contributed by atoms with Crippen LogP contribution in [0.25, 0.3) is 10.9 Å². The van der Waals surface area contributed by atoms with E-state index in [1.165, 1.54) is 6.07 Å². The lowest BCUT2D eigenvalue weighted by Crippen LogP contribution is -2.51. The number of halogens is 6. The van der Waals surface area contributed by atoms with Crippen molar-refractivity contribution < 1.29 is 63.3 Å². The number of carbonyl (C=O) groups is 5. The van der Waals surface area contributed by atoms with Crippen molar-refractivity contribution in [1.29, 1.82) is 0 Å². The predicted molar refractivity (Wildman–Crippen MR) is 187 cm³/mol. The third-order valence-electron chi connectivity index (χ3n) is 7.69. The number of H-pyrrole nitrogens is 1. The lowest BCUT2D eigenvalue weighted by Gasteiger charge is -2.26. The van der Waals surface area contributed by atoms with Crippen molar-refractivity contribution in [2.75, 3.05) is 34.2 Å². The fourth-order valence-corrected chi connectivity index (χ4v) is 4.84. The number of nitrogens with two attached hydrogens (primary N) is 1. The zero-order valence-electron chi connectivity index (χ0n) is 30.1. The summed E-state index contributed by atoms with van der Waals surface area (Å²) < 4.78 is 100. The van der Waals surface area contributed by atoms with Gasteiger partial charge >= 0.3 is 11.7 Å². The topological polar surface area (TPSA) is 232 Å². The summed E-state index contributed by atoms with van der Waals surface area (Å²) in [5.41, 5.74) is -0.229. The van der Waals surface area contributed by atoms with Gasteiger partial charge < -0.3 is 36.5 Å². The Balaban J connectivity index is 0.00000117. The number of para-hydroxylation sites is 1. The van der Waals surface area contributed by atoms with Gasteiger partial charge in [-0.2, -0.15) is 26.3 Å². The fraction of sp³-hybridized carbons (Fsp3) is 0.424. The molecule has 1 heterocycles. The first kappa shape index (κ1) is 45.9. The van der Waals surface area contributed by atoms with E-state index in [0.717, 1.165) is 28.6 Å². The second kappa shape index (κ2) is 18.4. The second-order valence-corrected chi connectivity index (χ2v) is 14.6. The molecule has 15 nitrogen and oxygen atoms in total. The smallest absolute Gasteiger partial charge is 0.485 e. The van der Waals surface area contributed by atoms with Crippen molar-refractivity contribution in [1.82, 2.24) is 30.7 Å². The van der Waals surface area contributed by atoms with Gasteiger partial charge in [-0.15, -0.1) is 0 Å². The van der Waals surface area contributed by atoms with Gasteiger partial charge in [0.15, 0.2) is 10.1 Å². The number of hydrogen-bond donors (Lipinski definition) is 6. The van der Waals surface area contributed by atoms with Gasteiger partial charge in [0.2, 0.25) is 23.6 Å². The predicted octanol–water partition coefficient (Wildman–Crippen LogP) is 2.02. The number of alkyl halides is 6. The minimum absolute atomic E-state index is 0.0867. The maximum Gasteiger partial charge on any atom is 0.485 e. The van der Waals surface area contributed by atoms with Crippen molar-refractivity contribution in [3.63, 3.8) is 0 Å². The van der Waals surface area contributed by atoms with Gasteiger partial charge in [-0.05, 0) is 29.7 Å². The highest BCUT2D eigenvalue weighted by molar-refractivity contribution is 7.86. The number of primary amides is 1. The third-order valence-corrected chi connectivity index (χ3v) is 8.25. The molecule has 7 N–H and O–H groups in total. The highest BCUT2D eigenvalue weighted by Crippen LogP contribution is 2.34. The van der Waals surface area contributed by atoms with Gasteiger partial charge in [0.1, 0.15) is 17.8 Å². The van der Waals surface area contributed by atoms with E-state index in [0.29, 0.717) is 5.69 Å². The second-order valence-electron chi connectivity index (χ2n) is 13.2. The maximum absolute atomic E-state index is 13.8. The van der Waals surface area contributed by atoms with E-state index in [9.17, 15) is 50.3 Å². The molecule has 304 valence electrons. The van der Waals surface area contributed by atoms with Crippen LogP contribution in [0.2, 0.25) is 0 Å². The van der Waals surface area contributed by atoms with E-state index >= 15 is 0 Å². The molecule has 0 saturated carbocycles. The summed E-state index contributed by atoms with van der Waals surface area (Å²) in [4.78, 5) is 66.2. The van der Waals surface area contributed by atoms with Crippen LogP contribution in [0.3, 0.4) is 0 Å². The van der Waals surface area contributed by atoms with Crippen LogP contribution in [0.1, 0.15) is 41.8 Å².